The smallest absolute Gasteiger partial charge is 0.232 e. The monoisotopic (exact) mass is 341 g/mol. The van der Waals surface area contributed by atoms with Gasteiger partial charge in [0.25, 0.3) is 0 Å². The lowest BCUT2D eigenvalue weighted by molar-refractivity contribution is -0.132. The molecule has 1 aromatic carbocycles. The van der Waals surface area contributed by atoms with Gasteiger partial charge in [0.05, 0.1) is 12.6 Å². The zero-order valence-corrected chi connectivity index (χ0v) is 14.2. The molecule has 1 atom stereocenters. The van der Waals surface area contributed by atoms with Crippen molar-refractivity contribution >= 4 is 17.0 Å². The first-order valence-electron chi connectivity index (χ1n) is 8.19. The summed E-state index contributed by atoms with van der Waals surface area (Å²) < 4.78 is 12.9. The summed E-state index contributed by atoms with van der Waals surface area (Å²) in [4.78, 5) is 18.8. The van der Waals surface area contributed by atoms with E-state index in [9.17, 15) is 4.79 Å². The second-order valence-electron chi connectivity index (χ2n) is 6.21. The van der Waals surface area contributed by atoms with Crippen LogP contribution in [0, 0.1) is 0 Å². The number of hydrogen-bond donors (Lipinski definition) is 0. The van der Waals surface area contributed by atoms with Gasteiger partial charge in [-0.1, -0.05) is 12.1 Å². The van der Waals surface area contributed by atoms with Crippen molar-refractivity contribution in [2.45, 2.75) is 32.5 Å². The average Bonchev–Trinajstić information content (AvgIpc) is 3.18. The van der Waals surface area contributed by atoms with Crippen LogP contribution in [-0.2, 0) is 29.1 Å². The minimum Gasteiger partial charge on any atom is -0.440 e. The summed E-state index contributed by atoms with van der Waals surface area (Å²) in [6, 6.07) is 7.59. The van der Waals surface area contributed by atoms with Gasteiger partial charge < -0.3 is 18.6 Å². The van der Waals surface area contributed by atoms with Crippen LogP contribution in [0.2, 0.25) is 0 Å². The lowest BCUT2D eigenvalue weighted by atomic mass is 10.2. The first-order valence-corrected chi connectivity index (χ1v) is 8.19. The Labute approximate surface area is 144 Å². The van der Waals surface area contributed by atoms with Gasteiger partial charge in [0.1, 0.15) is 18.5 Å². The van der Waals surface area contributed by atoms with E-state index in [-0.39, 0.29) is 18.4 Å². The van der Waals surface area contributed by atoms with Crippen LogP contribution >= 0.6 is 0 Å². The van der Waals surface area contributed by atoms with Crippen LogP contribution in [0.4, 0.5) is 0 Å². The Balaban J connectivity index is 1.51. The molecule has 3 heterocycles. The van der Waals surface area contributed by atoms with Gasteiger partial charge in [0, 0.05) is 13.7 Å². The molecule has 0 saturated heterocycles. The van der Waals surface area contributed by atoms with E-state index in [1.807, 2.05) is 35.8 Å². The third kappa shape index (κ3) is 2.89. The molecule has 25 heavy (non-hydrogen) atoms. The van der Waals surface area contributed by atoms with Crippen LogP contribution in [0.1, 0.15) is 30.5 Å². The van der Waals surface area contributed by atoms with E-state index in [2.05, 4.69) is 15.2 Å². The Morgan fingerprint density at radius 2 is 2.20 bits per heavy atom. The van der Waals surface area contributed by atoms with Crippen LogP contribution in [0.15, 0.2) is 28.7 Å². The molecule has 1 aliphatic heterocycles. The van der Waals surface area contributed by atoms with Crippen molar-refractivity contribution < 1.29 is 13.9 Å². The van der Waals surface area contributed by atoms with Gasteiger partial charge in [-0.05, 0) is 19.1 Å². The molecule has 1 amide bonds. The number of carbonyl (C=O) groups excluding carboxylic acids is 1. The number of rotatable bonds is 4. The van der Waals surface area contributed by atoms with Crippen LogP contribution in [0.3, 0.4) is 0 Å². The second-order valence-corrected chi connectivity index (χ2v) is 6.21. The standard InChI is InChI=1S/C17H19N5O3/c1-11-8-21(9-14-19-20-15(10-24-2)22(11)14)17(23)7-16-18-12-5-3-4-6-13(12)25-16/h3-6,11H,7-10H2,1-2H3/t11-/m0/s1. The summed E-state index contributed by atoms with van der Waals surface area (Å²) in [5.74, 6) is 1.97. The molecule has 0 radical (unpaired) electrons. The summed E-state index contributed by atoms with van der Waals surface area (Å²) in [6.07, 6.45) is 0.139. The highest BCUT2D eigenvalue weighted by atomic mass is 16.5. The van der Waals surface area contributed by atoms with Crippen LogP contribution in [0.5, 0.6) is 0 Å². The Hall–Kier alpha value is -2.74. The van der Waals surface area contributed by atoms with Crippen molar-refractivity contribution in [1.29, 1.82) is 0 Å². The van der Waals surface area contributed by atoms with E-state index < -0.39 is 0 Å². The minimum absolute atomic E-state index is 0.0269. The maximum absolute atomic E-state index is 12.7. The van der Waals surface area contributed by atoms with Crippen LogP contribution < -0.4 is 0 Å². The molecule has 0 fully saturated rings. The third-order valence-electron chi connectivity index (χ3n) is 4.36. The lowest BCUT2D eigenvalue weighted by Crippen LogP contribution is -2.41. The number of fused-ring (bicyclic) bond motifs is 2. The van der Waals surface area contributed by atoms with Gasteiger partial charge >= 0.3 is 0 Å². The van der Waals surface area contributed by atoms with E-state index in [0.29, 0.717) is 31.2 Å². The molecule has 3 aromatic rings. The van der Waals surface area contributed by atoms with Gasteiger partial charge in [-0.15, -0.1) is 10.2 Å². The number of para-hydroxylation sites is 2. The van der Waals surface area contributed by atoms with E-state index in [0.717, 1.165) is 17.2 Å². The molecule has 8 nitrogen and oxygen atoms in total. The Morgan fingerprint density at radius 1 is 1.36 bits per heavy atom. The summed E-state index contributed by atoms with van der Waals surface area (Å²) in [5, 5.41) is 8.36. The zero-order chi connectivity index (χ0) is 17.4. The highest BCUT2D eigenvalue weighted by molar-refractivity contribution is 5.79. The second kappa shape index (κ2) is 6.29. The highest BCUT2D eigenvalue weighted by Crippen LogP contribution is 2.23. The van der Waals surface area contributed by atoms with E-state index in [4.69, 9.17) is 9.15 Å². The Kier molecular flexibility index (Phi) is 3.96. The van der Waals surface area contributed by atoms with Crippen molar-refractivity contribution in [3.63, 3.8) is 0 Å². The summed E-state index contributed by atoms with van der Waals surface area (Å²) >= 11 is 0. The molecule has 8 heteroatoms. The molecule has 4 rings (SSSR count). The number of oxazole rings is 1. The predicted octanol–water partition coefficient (Wildman–Crippen LogP) is 1.71. The zero-order valence-electron chi connectivity index (χ0n) is 14.2. The molecule has 0 bridgehead atoms. The first-order chi connectivity index (χ1) is 12.2. The fourth-order valence-electron chi connectivity index (χ4n) is 3.27. The maximum Gasteiger partial charge on any atom is 0.232 e. The summed E-state index contributed by atoms with van der Waals surface area (Å²) in [7, 11) is 1.63. The Morgan fingerprint density at radius 3 is 3.00 bits per heavy atom. The molecule has 0 saturated carbocycles. The quantitative estimate of drug-likeness (QED) is 0.718. The number of amides is 1. The first kappa shape index (κ1) is 15.8. The fraction of sp³-hybridized carbons (Fsp3) is 0.412. The van der Waals surface area contributed by atoms with E-state index >= 15 is 0 Å². The fourth-order valence-corrected chi connectivity index (χ4v) is 3.27. The highest BCUT2D eigenvalue weighted by Gasteiger charge is 2.29. The van der Waals surface area contributed by atoms with Gasteiger partial charge in [-0.3, -0.25) is 4.79 Å². The van der Waals surface area contributed by atoms with E-state index in [1.165, 1.54) is 0 Å². The molecular weight excluding hydrogens is 322 g/mol. The Bertz CT molecular complexity index is 883. The van der Waals surface area contributed by atoms with Crippen LogP contribution in [0.25, 0.3) is 11.1 Å². The number of nitrogens with zero attached hydrogens (tertiary/aromatic N) is 5. The van der Waals surface area contributed by atoms with Crippen LogP contribution in [-0.4, -0.2) is 44.2 Å². The molecular formula is C17H19N5O3. The predicted molar refractivity (Wildman–Crippen MR) is 88.6 cm³/mol. The number of methoxy groups -OCH3 is 1. The van der Waals surface area contributed by atoms with Gasteiger partial charge in [0.2, 0.25) is 11.8 Å². The van der Waals surface area contributed by atoms with Crippen molar-refractivity contribution in [3.8, 4) is 0 Å². The summed E-state index contributed by atoms with van der Waals surface area (Å²) in [5.41, 5.74) is 1.46. The van der Waals surface area contributed by atoms with Gasteiger partial charge in [0.15, 0.2) is 17.2 Å². The molecule has 0 aliphatic carbocycles. The number of hydrogen-bond acceptors (Lipinski definition) is 6. The molecule has 0 spiro atoms. The number of benzene rings is 1. The van der Waals surface area contributed by atoms with Crippen molar-refractivity contribution in [2.24, 2.45) is 0 Å². The topological polar surface area (TPSA) is 86.3 Å². The third-order valence-corrected chi connectivity index (χ3v) is 4.36. The maximum atomic E-state index is 12.7. The summed E-state index contributed by atoms with van der Waals surface area (Å²) in [6.45, 7) is 3.49. The van der Waals surface area contributed by atoms with E-state index in [1.54, 1.807) is 12.0 Å². The van der Waals surface area contributed by atoms with Gasteiger partial charge in [-0.2, -0.15) is 0 Å². The SMILES string of the molecule is COCc1nnc2n1[C@@H](C)CN(C(=O)Cc1nc3ccccc3o1)C2. The average molecular weight is 341 g/mol. The van der Waals surface area contributed by atoms with Crippen molar-refractivity contribution in [3.05, 3.63) is 41.8 Å². The van der Waals surface area contributed by atoms with Crippen molar-refractivity contribution in [1.82, 2.24) is 24.6 Å². The largest absolute Gasteiger partial charge is 0.440 e. The molecule has 1 aliphatic rings. The molecule has 2 aromatic heterocycles. The molecule has 130 valence electrons. The number of carbonyl (C=O) groups is 1. The number of ether oxygens (including phenoxy) is 1. The van der Waals surface area contributed by atoms with Gasteiger partial charge in [-0.25, -0.2) is 4.98 Å². The van der Waals surface area contributed by atoms with Crippen molar-refractivity contribution in [2.75, 3.05) is 13.7 Å². The lowest BCUT2D eigenvalue weighted by Gasteiger charge is -2.32. The normalized spacial score (nSPS) is 17.0. The minimum atomic E-state index is -0.0269. The number of aromatic nitrogens is 4. The molecule has 0 N–H and O–H groups in total. The molecule has 0 unspecified atom stereocenters.